The van der Waals surface area contributed by atoms with E-state index in [1.165, 1.54) is 0 Å². The van der Waals surface area contributed by atoms with Gasteiger partial charge in [-0.2, -0.15) is 0 Å². The summed E-state index contributed by atoms with van der Waals surface area (Å²) >= 11 is 0.281. The van der Waals surface area contributed by atoms with Gasteiger partial charge in [0.1, 0.15) is 0 Å². The zero-order chi connectivity index (χ0) is 22.2. The Morgan fingerprint density at radius 3 is 1.44 bits per heavy atom. The van der Waals surface area contributed by atoms with Crippen molar-refractivity contribution >= 4 is 58.6 Å². The number of benzene rings is 2. The van der Waals surface area contributed by atoms with Crippen LogP contribution in [-0.4, -0.2) is 101 Å². The summed E-state index contributed by atoms with van der Waals surface area (Å²) in [7, 11) is 0. The van der Waals surface area contributed by atoms with Gasteiger partial charge in [0.05, 0.1) is 0 Å². The van der Waals surface area contributed by atoms with Crippen LogP contribution in [0.25, 0.3) is 0 Å². The molecule has 2 N–H and O–H groups in total. The topological polar surface area (TPSA) is 83.1 Å². The number of ether oxygens (including phenoxy) is 2. The van der Waals surface area contributed by atoms with Gasteiger partial charge in [-0.15, -0.1) is 0 Å². The van der Waals surface area contributed by atoms with Gasteiger partial charge in [-0.1, -0.05) is 0 Å². The van der Waals surface area contributed by atoms with Crippen LogP contribution in [0, 0.1) is 0 Å². The van der Waals surface area contributed by atoms with Gasteiger partial charge in [-0.25, -0.2) is 0 Å². The van der Waals surface area contributed by atoms with Crippen LogP contribution in [0.3, 0.4) is 0 Å². The molecule has 0 aromatic heterocycles. The number of carbonyl (C=O) groups is 2. The Hall–Kier alpha value is -2.06. The first-order valence-corrected chi connectivity index (χ1v) is 16.6. The standard InChI is InChI=1S/C22H26N4O4Se2/c27-21(25-9-13-29-14-10-25)23-17-5-1-3-7-19(17)31-32-20-8-4-2-6-18(20)24-22(28)26-11-15-30-16-12-26/h1-8H,9-16H2,(H,23,27)(H,24,28). The van der Waals surface area contributed by atoms with Crippen molar-refractivity contribution < 1.29 is 19.1 Å². The van der Waals surface area contributed by atoms with Gasteiger partial charge in [0.15, 0.2) is 0 Å². The number of amides is 4. The van der Waals surface area contributed by atoms with Crippen LogP contribution in [0.1, 0.15) is 0 Å². The Kier molecular flexibility index (Phi) is 8.45. The van der Waals surface area contributed by atoms with E-state index in [-0.39, 0.29) is 38.3 Å². The minimum atomic E-state index is -0.0813. The van der Waals surface area contributed by atoms with Crippen LogP contribution in [-0.2, 0) is 9.47 Å². The van der Waals surface area contributed by atoms with E-state index < -0.39 is 0 Å². The molecule has 0 bridgehead atoms. The molecule has 4 amide bonds. The maximum absolute atomic E-state index is 12.6. The number of urea groups is 2. The van der Waals surface area contributed by atoms with Gasteiger partial charge in [-0.3, -0.25) is 0 Å². The number of carbonyl (C=O) groups excluding carboxylic acids is 2. The number of hydrogen-bond donors (Lipinski definition) is 2. The summed E-state index contributed by atoms with van der Waals surface area (Å²) in [5.41, 5.74) is 1.72. The molecule has 2 aliphatic heterocycles. The molecule has 0 spiro atoms. The number of hydrogen-bond acceptors (Lipinski definition) is 4. The minimum absolute atomic E-state index is 0.0813. The van der Waals surface area contributed by atoms with Gasteiger partial charge in [0, 0.05) is 0 Å². The van der Waals surface area contributed by atoms with Crippen molar-refractivity contribution in [3.05, 3.63) is 48.5 Å². The van der Waals surface area contributed by atoms with Crippen molar-refractivity contribution in [2.24, 2.45) is 0 Å². The molecular formula is C22H26N4O4Se2. The molecule has 170 valence electrons. The first-order valence-electron chi connectivity index (χ1n) is 10.5. The first-order chi connectivity index (χ1) is 15.7. The molecule has 2 aromatic carbocycles. The molecule has 4 rings (SSSR count). The van der Waals surface area contributed by atoms with Crippen LogP contribution in [0.5, 0.6) is 0 Å². The normalized spacial score (nSPS) is 16.5. The molecule has 10 heteroatoms. The van der Waals surface area contributed by atoms with Crippen LogP contribution in [0.4, 0.5) is 21.0 Å². The van der Waals surface area contributed by atoms with Crippen LogP contribution >= 0.6 is 0 Å². The second-order valence-electron chi connectivity index (χ2n) is 7.22. The number of para-hydroxylation sites is 2. The third kappa shape index (κ3) is 6.25. The molecule has 2 heterocycles. The Bertz CT molecular complexity index is 858. The Labute approximate surface area is 198 Å². The van der Waals surface area contributed by atoms with Crippen LogP contribution < -0.4 is 19.6 Å². The molecule has 2 aromatic rings. The second-order valence-corrected chi connectivity index (χ2v) is 13.4. The number of nitrogens with zero attached hydrogens (tertiary/aromatic N) is 2. The number of nitrogens with one attached hydrogen (secondary N) is 2. The summed E-state index contributed by atoms with van der Waals surface area (Å²) < 4.78 is 13.0. The summed E-state index contributed by atoms with van der Waals surface area (Å²) in [6.45, 7) is 4.76. The molecule has 0 aliphatic carbocycles. The fourth-order valence-corrected chi connectivity index (χ4v) is 10.2. The molecule has 2 fully saturated rings. The van der Waals surface area contributed by atoms with Crippen molar-refractivity contribution in [3.63, 3.8) is 0 Å². The third-order valence-electron chi connectivity index (χ3n) is 5.08. The van der Waals surface area contributed by atoms with Gasteiger partial charge >= 0.3 is 199 Å². The number of anilines is 2. The Balaban J connectivity index is 1.39. The zero-order valence-corrected chi connectivity index (χ0v) is 21.0. The van der Waals surface area contributed by atoms with Crippen LogP contribution in [0.2, 0.25) is 0 Å². The van der Waals surface area contributed by atoms with Gasteiger partial charge in [-0.05, 0) is 0 Å². The summed E-state index contributed by atoms with van der Waals surface area (Å²) in [5, 5.41) is 6.15. The molecule has 0 atom stereocenters. The molecule has 0 radical (unpaired) electrons. The van der Waals surface area contributed by atoms with Crippen LogP contribution in [0.15, 0.2) is 48.5 Å². The van der Waals surface area contributed by atoms with E-state index >= 15 is 0 Å². The predicted octanol–water partition coefficient (Wildman–Crippen LogP) is 0.689. The van der Waals surface area contributed by atoms with E-state index in [9.17, 15) is 9.59 Å². The van der Waals surface area contributed by atoms with E-state index in [4.69, 9.17) is 9.47 Å². The first kappa shape index (κ1) is 23.1. The van der Waals surface area contributed by atoms with Crippen molar-refractivity contribution in [1.29, 1.82) is 0 Å². The average molecular weight is 568 g/mol. The Morgan fingerprint density at radius 2 is 1.03 bits per heavy atom. The summed E-state index contributed by atoms with van der Waals surface area (Å²) in [6.07, 6.45) is 0. The zero-order valence-electron chi connectivity index (χ0n) is 17.6. The van der Waals surface area contributed by atoms with E-state index in [0.29, 0.717) is 52.6 Å². The molecular weight excluding hydrogens is 542 g/mol. The average Bonchev–Trinajstić information content (AvgIpc) is 2.85. The van der Waals surface area contributed by atoms with Gasteiger partial charge in [0.25, 0.3) is 0 Å². The summed E-state index contributed by atoms with van der Waals surface area (Å²) in [5.74, 6) is 0. The summed E-state index contributed by atoms with van der Waals surface area (Å²) in [4.78, 5) is 28.8. The monoisotopic (exact) mass is 570 g/mol. The molecule has 32 heavy (non-hydrogen) atoms. The molecule has 2 aliphatic rings. The van der Waals surface area contributed by atoms with Crippen molar-refractivity contribution in [3.8, 4) is 0 Å². The third-order valence-corrected chi connectivity index (χ3v) is 12.3. The fraction of sp³-hybridized carbons (Fsp3) is 0.364. The summed E-state index contributed by atoms with van der Waals surface area (Å²) in [6, 6.07) is 15.8. The molecule has 8 nitrogen and oxygen atoms in total. The Morgan fingerprint density at radius 1 is 0.656 bits per heavy atom. The maximum atomic E-state index is 12.6. The van der Waals surface area contributed by atoms with E-state index in [0.717, 1.165) is 20.3 Å². The van der Waals surface area contributed by atoms with Gasteiger partial charge < -0.3 is 0 Å². The molecule has 0 saturated carbocycles. The quantitative estimate of drug-likeness (QED) is 0.521. The number of morpholine rings is 2. The van der Waals surface area contributed by atoms with E-state index in [1.54, 1.807) is 9.80 Å². The van der Waals surface area contributed by atoms with E-state index in [2.05, 4.69) is 22.8 Å². The van der Waals surface area contributed by atoms with Crippen molar-refractivity contribution in [2.75, 3.05) is 63.2 Å². The fourth-order valence-electron chi connectivity index (χ4n) is 3.30. The second kappa shape index (κ2) is 11.7. The van der Waals surface area contributed by atoms with Crippen molar-refractivity contribution in [2.45, 2.75) is 0 Å². The van der Waals surface area contributed by atoms with Crippen molar-refractivity contribution in [1.82, 2.24) is 9.80 Å². The molecule has 2 saturated heterocycles. The van der Waals surface area contributed by atoms with Gasteiger partial charge in [0.2, 0.25) is 0 Å². The number of rotatable bonds is 5. The van der Waals surface area contributed by atoms with E-state index in [1.807, 2.05) is 36.4 Å². The SMILES string of the molecule is O=C(Nc1ccccc1[Se][Se]c1ccccc1NC(=O)N1CCOCC1)N1CCOCC1. The predicted molar refractivity (Wildman–Crippen MR) is 126 cm³/mol. The molecule has 0 unspecified atom stereocenters.